The van der Waals surface area contributed by atoms with Crippen molar-refractivity contribution in [3.05, 3.63) is 65.7 Å². The number of ether oxygens (including phenoxy) is 1. The highest BCUT2D eigenvalue weighted by Crippen LogP contribution is 2.18. The molecule has 0 heterocycles. The molecule has 0 radical (unpaired) electrons. The first kappa shape index (κ1) is 14.7. The molecule has 0 aromatic heterocycles. The van der Waals surface area contributed by atoms with E-state index < -0.39 is 18.0 Å². The number of phenolic OH excluding ortho intramolecular Hbond substituents is 1. The quantitative estimate of drug-likeness (QED) is 0.660. The summed E-state index contributed by atoms with van der Waals surface area (Å²) in [4.78, 5) is 23.3. The zero-order chi connectivity index (χ0) is 15.2. The molecule has 0 saturated carbocycles. The van der Waals surface area contributed by atoms with E-state index in [0.29, 0.717) is 11.1 Å². The molecule has 1 atom stereocenters. The van der Waals surface area contributed by atoms with Crippen molar-refractivity contribution >= 4 is 11.9 Å². The van der Waals surface area contributed by atoms with Crippen molar-refractivity contribution < 1.29 is 24.5 Å². The van der Waals surface area contributed by atoms with Crippen molar-refractivity contribution in [3.8, 4) is 5.75 Å². The summed E-state index contributed by atoms with van der Waals surface area (Å²) in [6.45, 7) is 0. The van der Waals surface area contributed by atoms with Crippen molar-refractivity contribution in [1.29, 1.82) is 0 Å². The zero-order valence-electron chi connectivity index (χ0n) is 11.1. The summed E-state index contributed by atoms with van der Waals surface area (Å²) >= 11 is 0. The van der Waals surface area contributed by atoms with Crippen molar-refractivity contribution in [1.82, 2.24) is 0 Å². The maximum absolute atomic E-state index is 11.7. The van der Waals surface area contributed by atoms with Crippen LogP contribution in [0, 0.1) is 0 Å². The molecule has 2 N–H and O–H groups in total. The molecule has 2 rings (SSSR count). The highest BCUT2D eigenvalue weighted by atomic mass is 16.6. The average Bonchev–Trinajstić information content (AvgIpc) is 2.49. The van der Waals surface area contributed by atoms with Crippen molar-refractivity contribution in [2.24, 2.45) is 0 Å². The number of carbonyl (C=O) groups excluding carboxylic acids is 2. The van der Waals surface area contributed by atoms with Gasteiger partial charge in [-0.15, -0.1) is 0 Å². The van der Waals surface area contributed by atoms with E-state index in [1.54, 1.807) is 48.5 Å². The van der Waals surface area contributed by atoms with Gasteiger partial charge in [-0.2, -0.15) is 0 Å². The van der Waals surface area contributed by atoms with Gasteiger partial charge in [-0.05, 0) is 11.6 Å². The number of benzene rings is 2. The topological polar surface area (TPSA) is 83.8 Å². The van der Waals surface area contributed by atoms with Gasteiger partial charge >= 0.3 is 11.9 Å². The Morgan fingerprint density at radius 3 is 2.29 bits per heavy atom. The van der Waals surface area contributed by atoms with Gasteiger partial charge in [-0.1, -0.05) is 48.5 Å². The molecule has 21 heavy (non-hydrogen) atoms. The summed E-state index contributed by atoms with van der Waals surface area (Å²) in [6.07, 6.45) is -1.76. The standard InChI is InChI=1S/C16H14O5/c17-13-9-5-4-8-12(13)10-14(18)21-16(20)15(19)11-6-2-1-3-7-11/h1-9,15,17,19H,10H2/t15-/m1/s1. The maximum Gasteiger partial charge on any atom is 0.347 e. The van der Waals surface area contributed by atoms with Crippen LogP contribution in [0.25, 0.3) is 0 Å². The van der Waals surface area contributed by atoms with E-state index in [9.17, 15) is 19.8 Å². The fourth-order valence-electron chi connectivity index (χ4n) is 1.79. The lowest BCUT2D eigenvalue weighted by Gasteiger charge is -2.10. The van der Waals surface area contributed by atoms with Crippen LogP contribution < -0.4 is 0 Å². The lowest BCUT2D eigenvalue weighted by molar-refractivity contribution is -0.165. The minimum absolute atomic E-state index is 0.0505. The van der Waals surface area contributed by atoms with Crippen LogP contribution in [-0.2, 0) is 20.7 Å². The van der Waals surface area contributed by atoms with Crippen LogP contribution in [0.4, 0.5) is 0 Å². The van der Waals surface area contributed by atoms with Crippen LogP contribution in [0.1, 0.15) is 17.2 Å². The fourth-order valence-corrected chi connectivity index (χ4v) is 1.79. The number of esters is 2. The molecule has 108 valence electrons. The number of para-hydroxylation sites is 1. The fraction of sp³-hybridized carbons (Fsp3) is 0.125. The summed E-state index contributed by atoms with van der Waals surface area (Å²) in [5, 5.41) is 19.3. The minimum atomic E-state index is -1.51. The van der Waals surface area contributed by atoms with Crippen LogP contribution >= 0.6 is 0 Å². The van der Waals surface area contributed by atoms with E-state index in [2.05, 4.69) is 4.74 Å². The highest BCUT2D eigenvalue weighted by molar-refractivity contribution is 5.89. The van der Waals surface area contributed by atoms with Crippen molar-refractivity contribution in [2.75, 3.05) is 0 Å². The molecule has 0 spiro atoms. The molecule has 0 aliphatic carbocycles. The largest absolute Gasteiger partial charge is 0.508 e. The Morgan fingerprint density at radius 1 is 1.00 bits per heavy atom. The molecule has 0 aliphatic rings. The van der Waals surface area contributed by atoms with Gasteiger partial charge in [-0.3, -0.25) is 4.79 Å². The third-order valence-corrected chi connectivity index (χ3v) is 2.88. The molecule has 5 nitrogen and oxygen atoms in total. The number of rotatable bonds is 4. The monoisotopic (exact) mass is 286 g/mol. The molecule has 0 unspecified atom stereocenters. The van der Waals surface area contributed by atoms with E-state index in [4.69, 9.17) is 0 Å². The van der Waals surface area contributed by atoms with Crippen LogP contribution in [-0.4, -0.2) is 22.2 Å². The van der Waals surface area contributed by atoms with Crippen LogP contribution in [0.5, 0.6) is 5.75 Å². The summed E-state index contributed by atoms with van der Waals surface area (Å²) in [6, 6.07) is 14.4. The second-order valence-corrected chi connectivity index (χ2v) is 4.41. The SMILES string of the molecule is O=C(Cc1ccccc1O)OC(=O)[C@H](O)c1ccccc1. The van der Waals surface area contributed by atoms with E-state index >= 15 is 0 Å². The molecule has 0 aliphatic heterocycles. The number of phenols is 1. The number of hydrogen-bond donors (Lipinski definition) is 2. The van der Waals surface area contributed by atoms with Gasteiger partial charge in [0.15, 0.2) is 6.10 Å². The Balaban J connectivity index is 1.97. The van der Waals surface area contributed by atoms with Crippen LogP contribution in [0.15, 0.2) is 54.6 Å². The minimum Gasteiger partial charge on any atom is -0.508 e. The van der Waals surface area contributed by atoms with Gasteiger partial charge < -0.3 is 14.9 Å². The Hall–Kier alpha value is -2.66. The lowest BCUT2D eigenvalue weighted by Crippen LogP contribution is -2.20. The molecule has 0 fully saturated rings. The van der Waals surface area contributed by atoms with E-state index in [1.165, 1.54) is 6.07 Å². The zero-order valence-corrected chi connectivity index (χ0v) is 11.1. The lowest BCUT2D eigenvalue weighted by atomic mass is 10.1. The molecule has 5 heteroatoms. The summed E-state index contributed by atoms with van der Waals surface area (Å²) in [5.74, 6) is -1.93. The second-order valence-electron chi connectivity index (χ2n) is 4.41. The second kappa shape index (κ2) is 6.67. The first-order valence-electron chi connectivity index (χ1n) is 6.32. The number of aliphatic hydroxyl groups excluding tert-OH is 1. The first-order chi connectivity index (χ1) is 10.1. The third kappa shape index (κ3) is 3.90. The Labute approximate surface area is 121 Å². The number of aliphatic hydroxyl groups is 1. The Bertz CT molecular complexity index is 636. The van der Waals surface area contributed by atoms with E-state index in [1.807, 2.05) is 0 Å². The highest BCUT2D eigenvalue weighted by Gasteiger charge is 2.22. The molecule has 0 amide bonds. The van der Waals surface area contributed by atoms with Crippen LogP contribution in [0.2, 0.25) is 0 Å². The van der Waals surface area contributed by atoms with Crippen molar-refractivity contribution in [3.63, 3.8) is 0 Å². The predicted octanol–water partition coefficient (Wildman–Crippen LogP) is 1.74. The molecular formula is C16H14O5. The molecule has 0 saturated heterocycles. The normalized spacial score (nSPS) is 11.7. The maximum atomic E-state index is 11.7. The van der Waals surface area contributed by atoms with Gasteiger partial charge in [0, 0.05) is 5.56 Å². The van der Waals surface area contributed by atoms with Gasteiger partial charge in [0.05, 0.1) is 6.42 Å². The molecule has 2 aromatic rings. The summed E-state index contributed by atoms with van der Waals surface area (Å²) in [5.41, 5.74) is 0.697. The van der Waals surface area contributed by atoms with Gasteiger partial charge in [0.25, 0.3) is 0 Å². The number of aromatic hydroxyl groups is 1. The number of hydrogen-bond acceptors (Lipinski definition) is 5. The summed E-state index contributed by atoms with van der Waals surface area (Å²) < 4.78 is 4.59. The smallest absolute Gasteiger partial charge is 0.347 e. The van der Waals surface area contributed by atoms with Gasteiger partial charge in [0.1, 0.15) is 5.75 Å². The van der Waals surface area contributed by atoms with E-state index in [0.717, 1.165) is 0 Å². The van der Waals surface area contributed by atoms with E-state index in [-0.39, 0.29) is 12.2 Å². The summed E-state index contributed by atoms with van der Waals surface area (Å²) in [7, 11) is 0. The van der Waals surface area contributed by atoms with Gasteiger partial charge in [0.2, 0.25) is 0 Å². The van der Waals surface area contributed by atoms with Crippen molar-refractivity contribution in [2.45, 2.75) is 12.5 Å². The Kier molecular flexibility index (Phi) is 4.68. The number of carbonyl (C=O) groups is 2. The first-order valence-corrected chi connectivity index (χ1v) is 6.32. The Morgan fingerprint density at radius 2 is 1.62 bits per heavy atom. The molecule has 0 bridgehead atoms. The van der Waals surface area contributed by atoms with Gasteiger partial charge in [-0.25, -0.2) is 4.79 Å². The average molecular weight is 286 g/mol. The van der Waals surface area contributed by atoms with Crippen LogP contribution in [0.3, 0.4) is 0 Å². The molecule has 2 aromatic carbocycles. The third-order valence-electron chi connectivity index (χ3n) is 2.88. The predicted molar refractivity (Wildman–Crippen MR) is 74.3 cm³/mol. The molecular weight excluding hydrogens is 272 g/mol.